The molecule has 1 fully saturated rings. The van der Waals surface area contributed by atoms with Crippen molar-refractivity contribution in [3.05, 3.63) is 58.4 Å². The Kier molecular flexibility index (Phi) is 7.43. The largest absolute Gasteiger partial charge is 0.206 e. The van der Waals surface area contributed by atoms with Crippen LogP contribution < -0.4 is 0 Å². The summed E-state index contributed by atoms with van der Waals surface area (Å²) < 4.78 is 43.1. The van der Waals surface area contributed by atoms with Gasteiger partial charge >= 0.3 is 0 Å². The molecule has 3 rings (SSSR count). The highest BCUT2D eigenvalue weighted by Crippen LogP contribution is 2.40. The van der Waals surface area contributed by atoms with Crippen molar-refractivity contribution in [1.29, 1.82) is 0 Å². The Hall–Kier alpha value is -1.77. The molecule has 2 aromatic carbocycles. The van der Waals surface area contributed by atoms with E-state index in [0.29, 0.717) is 17.9 Å². The van der Waals surface area contributed by atoms with E-state index in [1.54, 1.807) is 6.07 Å². The van der Waals surface area contributed by atoms with E-state index in [-0.39, 0.29) is 11.1 Å². The first-order valence-electron chi connectivity index (χ1n) is 11.2. The van der Waals surface area contributed by atoms with Crippen molar-refractivity contribution in [2.45, 2.75) is 84.5 Å². The average molecular weight is 403 g/mol. The van der Waals surface area contributed by atoms with E-state index in [4.69, 9.17) is 0 Å². The van der Waals surface area contributed by atoms with Crippen molar-refractivity contribution in [3.8, 4) is 11.1 Å². The van der Waals surface area contributed by atoms with E-state index < -0.39 is 17.5 Å². The van der Waals surface area contributed by atoms with Gasteiger partial charge < -0.3 is 0 Å². The third-order valence-electron chi connectivity index (χ3n) is 6.65. The van der Waals surface area contributed by atoms with Crippen LogP contribution in [0.2, 0.25) is 0 Å². The Labute approximate surface area is 173 Å². The van der Waals surface area contributed by atoms with E-state index in [9.17, 15) is 13.2 Å². The van der Waals surface area contributed by atoms with Gasteiger partial charge in [0, 0.05) is 0 Å². The maximum Gasteiger partial charge on any atom is 0.169 e. The van der Waals surface area contributed by atoms with Gasteiger partial charge in [0.25, 0.3) is 0 Å². The first kappa shape index (κ1) is 21.9. The van der Waals surface area contributed by atoms with E-state index in [1.165, 1.54) is 63.9 Å². The van der Waals surface area contributed by atoms with Gasteiger partial charge in [-0.1, -0.05) is 57.7 Å². The Morgan fingerprint density at radius 1 is 0.897 bits per heavy atom. The molecule has 158 valence electrons. The summed E-state index contributed by atoms with van der Waals surface area (Å²) in [6, 6.07) is 6.96. The minimum atomic E-state index is -1.09. The first-order valence-corrected chi connectivity index (χ1v) is 11.2. The summed E-state index contributed by atoms with van der Waals surface area (Å²) in [4.78, 5) is 0. The van der Waals surface area contributed by atoms with E-state index in [0.717, 1.165) is 17.5 Å². The van der Waals surface area contributed by atoms with Crippen LogP contribution in [0.4, 0.5) is 13.2 Å². The van der Waals surface area contributed by atoms with Crippen molar-refractivity contribution in [3.63, 3.8) is 0 Å². The van der Waals surface area contributed by atoms with Gasteiger partial charge in [0.15, 0.2) is 11.6 Å². The lowest BCUT2D eigenvalue weighted by Crippen LogP contribution is -2.13. The Morgan fingerprint density at radius 3 is 2.28 bits per heavy atom. The lowest BCUT2D eigenvalue weighted by Gasteiger charge is -2.29. The van der Waals surface area contributed by atoms with Crippen LogP contribution in [0.25, 0.3) is 11.1 Å². The smallest absolute Gasteiger partial charge is 0.169 e. The number of hydrogen-bond donors (Lipinski definition) is 0. The lowest BCUT2D eigenvalue weighted by molar-refractivity contribution is 0.302. The summed E-state index contributed by atoms with van der Waals surface area (Å²) in [6.45, 7) is 5.61. The van der Waals surface area contributed by atoms with Crippen LogP contribution in [-0.4, -0.2) is 0 Å². The molecule has 0 spiro atoms. The molecule has 0 unspecified atom stereocenters. The molecule has 1 saturated carbocycles. The molecule has 0 N–H and O–H groups in total. The fourth-order valence-electron chi connectivity index (χ4n) is 4.83. The highest BCUT2D eigenvalue weighted by Gasteiger charge is 2.24. The van der Waals surface area contributed by atoms with E-state index in [1.807, 2.05) is 13.0 Å². The number of unbranched alkanes of at least 4 members (excludes halogenated alkanes) is 2. The third-order valence-corrected chi connectivity index (χ3v) is 6.65. The molecule has 0 amide bonds. The second-order valence-electron chi connectivity index (χ2n) is 8.66. The summed E-state index contributed by atoms with van der Waals surface area (Å²) in [7, 11) is 0. The van der Waals surface area contributed by atoms with E-state index in [2.05, 4.69) is 13.0 Å². The third kappa shape index (κ3) is 4.87. The summed E-state index contributed by atoms with van der Waals surface area (Å²) in [5, 5.41) is 0. The highest BCUT2D eigenvalue weighted by molar-refractivity contribution is 5.70. The second-order valence-corrected chi connectivity index (χ2v) is 8.66. The molecular weight excluding hydrogens is 369 g/mol. The number of benzene rings is 2. The van der Waals surface area contributed by atoms with Crippen LogP contribution in [0.1, 0.15) is 87.8 Å². The predicted molar refractivity (Wildman–Crippen MR) is 115 cm³/mol. The molecule has 0 saturated heterocycles. The van der Waals surface area contributed by atoms with Crippen molar-refractivity contribution in [2.75, 3.05) is 0 Å². The Morgan fingerprint density at radius 2 is 1.62 bits per heavy atom. The molecule has 0 bridgehead atoms. The molecule has 0 aliphatic heterocycles. The number of rotatable bonds is 7. The molecule has 1 aliphatic rings. The molecule has 0 aromatic heterocycles. The van der Waals surface area contributed by atoms with Gasteiger partial charge in [-0.05, 0) is 79.2 Å². The monoisotopic (exact) mass is 402 g/mol. The standard InChI is InChI=1S/C26H33F3/c1-4-6-7-8-18-9-11-20(12-10-18)21-13-14-22(19(5-2)16-21)24-23(27)15-17(3)25(28)26(24)29/h13-16,18,20H,4-12H2,1-3H3. The summed E-state index contributed by atoms with van der Waals surface area (Å²) >= 11 is 0. The van der Waals surface area contributed by atoms with Crippen LogP contribution >= 0.6 is 0 Å². The SMILES string of the molecule is CCCCCC1CCC(c2ccc(-c3c(F)cc(C)c(F)c3F)c(CC)c2)CC1. The highest BCUT2D eigenvalue weighted by atomic mass is 19.2. The van der Waals surface area contributed by atoms with Crippen LogP contribution in [0, 0.1) is 30.3 Å². The molecule has 0 radical (unpaired) electrons. The second kappa shape index (κ2) is 9.82. The van der Waals surface area contributed by atoms with Gasteiger partial charge in [-0.15, -0.1) is 0 Å². The molecule has 29 heavy (non-hydrogen) atoms. The van der Waals surface area contributed by atoms with Crippen molar-refractivity contribution < 1.29 is 13.2 Å². The van der Waals surface area contributed by atoms with Crippen LogP contribution in [0.3, 0.4) is 0 Å². The molecule has 1 aliphatic carbocycles. The summed E-state index contributed by atoms with van der Waals surface area (Å²) in [6.07, 6.45) is 10.8. The number of hydrogen-bond acceptors (Lipinski definition) is 0. The first-order chi connectivity index (χ1) is 14.0. The Balaban J connectivity index is 1.80. The van der Waals surface area contributed by atoms with Crippen molar-refractivity contribution in [2.24, 2.45) is 5.92 Å². The molecule has 0 atom stereocenters. The van der Waals surface area contributed by atoms with Crippen LogP contribution in [0.5, 0.6) is 0 Å². The summed E-state index contributed by atoms with van der Waals surface area (Å²) in [5.74, 6) is -1.38. The molecular formula is C26H33F3. The average Bonchev–Trinajstić information content (AvgIpc) is 2.73. The lowest BCUT2D eigenvalue weighted by atomic mass is 9.76. The maximum atomic E-state index is 14.5. The zero-order valence-electron chi connectivity index (χ0n) is 18.0. The Bertz CT molecular complexity index is 832. The fourth-order valence-corrected chi connectivity index (χ4v) is 4.83. The van der Waals surface area contributed by atoms with Gasteiger partial charge in [-0.2, -0.15) is 0 Å². The minimum absolute atomic E-state index is 0.00545. The molecule has 3 heteroatoms. The molecule has 2 aromatic rings. The maximum absolute atomic E-state index is 14.5. The number of aryl methyl sites for hydroxylation is 2. The van der Waals surface area contributed by atoms with Gasteiger partial charge in [0.1, 0.15) is 5.82 Å². The van der Waals surface area contributed by atoms with Gasteiger partial charge in [-0.25, -0.2) is 13.2 Å². The van der Waals surface area contributed by atoms with Crippen molar-refractivity contribution in [1.82, 2.24) is 0 Å². The zero-order valence-corrected chi connectivity index (χ0v) is 18.0. The van der Waals surface area contributed by atoms with Gasteiger partial charge in [0.2, 0.25) is 0 Å². The van der Waals surface area contributed by atoms with Crippen LogP contribution in [-0.2, 0) is 6.42 Å². The normalized spacial score (nSPS) is 19.5. The number of halogens is 3. The van der Waals surface area contributed by atoms with Crippen molar-refractivity contribution >= 4 is 0 Å². The topological polar surface area (TPSA) is 0 Å². The quantitative estimate of drug-likeness (QED) is 0.322. The predicted octanol–water partition coefficient (Wildman–Crippen LogP) is 8.50. The van der Waals surface area contributed by atoms with Gasteiger partial charge in [0.05, 0.1) is 5.56 Å². The van der Waals surface area contributed by atoms with Gasteiger partial charge in [-0.3, -0.25) is 0 Å². The zero-order chi connectivity index (χ0) is 21.0. The molecule has 0 nitrogen and oxygen atoms in total. The van der Waals surface area contributed by atoms with Crippen LogP contribution in [0.15, 0.2) is 24.3 Å². The van der Waals surface area contributed by atoms with E-state index >= 15 is 0 Å². The summed E-state index contributed by atoms with van der Waals surface area (Å²) in [5.41, 5.74) is 2.36. The molecule has 0 heterocycles. The fraction of sp³-hybridized carbons (Fsp3) is 0.538. The minimum Gasteiger partial charge on any atom is -0.206 e.